The first-order valence-electron chi connectivity index (χ1n) is 7.18. The van der Waals surface area contributed by atoms with E-state index in [4.69, 9.17) is 0 Å². The molecule has 0 spiro atoms. The molecule has 0 amide bonds. The minimum atomic E-state index is 0.0529. The highest BCUT2D eigenvalue weighted by Gasteiger charge is 2.18. The third-order valence-electron chi connectivity index (χ3n) is 3.38. The van der Waals surface area contributed by atoms with Gasteiger partial charge in [-0.15, -0.1) is 0 Å². The van der Waals surface area contributed by atoms with E-state index in [0.29, 0.717) is 24.0 Å². The predicted molar refractivity (Wildman–Crippen MR) is 81.3 cm³/mol. The summed E-state index contributed by atoms with van der Waals surface area (Å²) in [7, 11) is 0. The van der Waals surface area contributed by atoms with Crippen LogP contribution < -0.4 is 0 Å². The predicted octanol–water partition coefficient (Wildman–Crippen LogP) is 4.61. The van der Waals surface area contributed by atoms with Crippen LogP contribution in [0.3, 0.4) is 0 Å². The van der Waals surface area contributed by atoms with E-state index in [0.717, 1.165) is 23.6 Å². The molecule has 0 aromatic heterocycles. The van der Waals surface area contributed by atoms with E-state index in [1.807, 2.05) is 38.1 Å². The summed E-state index contributed by atoms with van der Waals surface area (Å²) in [5, 5.41) is 1.73. The van der Waals surface area contributed by atoms with Crippen LogP contribution in [0.1, 0.15) is 60.2 Å². The number of carbonyl (C=O) groups excluding carboxylic acids is 2. The smallest absolute Gasteiger partial charge is 0.164 e. The highest BCUT2D eigenvalue weighted by molar-refractivity contribution is 6.16. The summed E-state index contributed by atoms with van der Waals surface area (Å²) in [6, 6.07) is 12.4. The quantitative estimate of drug-likeness (QED) is 0.716. The van der Waals surface area contributed by atoms with Crippen molar-refractivity contribution >= 4 is 22.3 Å². The SMILES string of the molecule is CCCC(=O)c1ccc2[c]cccc2c1C(=O)CCC. The molecule has 20 heavy (non-hydrogen) atoms. The van der Waals surface area contributed by atoms with Crippen LogP contribution in [0.15, 0.2) is 30.3 Å². The Morgan fingerprint density at radius 1 is 1.00 bits per heavy atom. The van der Waals surface area contributed by atoms with Gasteiger partial charge in [0, 0.05) is 24.0 Å². The Morgan fingerprint density at radius 3 is 2.40 bits per heavy atom. The fourth-order valence-corrected chi connectivity index (χ4v) is 2.45. The fourth-order valence-electron chi connectivity index (χ4n) is 2.45. The van der Waals surface area contributed by atoms with E-state index in [1.54, 1.807) is 6.07 Å². The number of fused-ring (bicyclic) bond motifs is 1. The molecule has 0 saturated heterocycles. The van der Waals surface area contributed by atoms with E-state index >= 15 is 0 Å². The molecule has 2 aromatic rings. The van der Waals surface area contributed by atoms with Gasteiger partial charge in [0.05, 0.1) is 0 Å². The van der Waals surface area contributed by atoms with Gasteiger partial charge in [0.15, 0.2) is 11.6 Å². The largest absolute Gasteiger partial charge is 0.294 e. The van der Waals surface area contributed by atoms with E-state index < -0.39 is 0 Å². The zero-order chi connectivity index (χ0) is 14.5. The first-order valence-corrected chi connectivity index (χ1v) is 7.18. The van der Waals surface area contributed by atoms with Gasteiger partial charge in [-0.3, -0.25) is 9.59 Å². The molecule has 0 fully saturated rings. The van der Waals surface area contributed by atoms with Crippen LogP contribution in [0.5, 0.6) is 0 Å². The maximum absolute atomic E-state index is 12.4. The van der Waals surface area contributed by atoms with Crippen molar-refractivity contribution in [3.8, 4) is 0 Å². The van der Waals surface area contributed by atoms with Crippen LogP contribution in [-0.4, -0.2) is 11.6 Å². The first kappa shape index (κ1) is 14.4. The van der Waals surface area contributed by atoms with Gasteiger partial charge in [-0.2, -0.15) is 0 Å². The van der Waals surface area contributed by atoms with E-state index in [2.05, 4.69) is 6.07 Å². The van der Waals surface area contributed by atoms with E-state index in [9.17, 15) is 9.59 Å². The van der Waals surface area contributed by atoms with Crippen LogP contribution in [-0.2, 0) is 0 Å². The van der Waals surface area contributed by atoms with E-state index in [-0.39, 0.29) is 11.6 Å². The summed E-state index contributed by atoms with van der Waals surface area (Å²) >= 11 is 0. The van der Waals surface area contributed by atoms with Crippen molar-refractivity contribution in [1.82, 2.24) is 0 Å². The van der Waals surface area contributed by atoms with Crippen molar-refractivity contribution in [3.63, 3.8) is 0 Å². The maximum Gasteiger partial charge on any atom is 0.164 e. The summed E-state index contributed by atoms with van der Waals surface area (Å²) in [6.07, 6.45) is 2.53. The second-order valence-corrected chi connectivity index (χ2v) is 4.97. The molecule has 0 N–H and O–H groups in total. The highest BCUT2D eigenvalue weighted by Crippen LogP contribution is 2.25. The lowest BCUT2D eigenvalue weighted by Crippen LogP contribution is -2.09. The normalized spacial score (nSPS) is 10.7. The van der Waals surface area contributed by atoms with Crippen molar-refractivity contribution in [2.24, 2.45) is 0 Å². The number of Topliss-reactive ketones (excluding diaryl/α,β-unsaturated/α-hetero) is 2. The molecule has 2 aromatic carbocycles. The zero-order valence-corrected chi connectivity index (χ0v) is 12.0. The minimum absolute atomic E-state index is 0.0529. The molecule has 0 heterocycles. The molecule has 0 saturated carbocycles. The molecule has 0 aliphatic carbocycles. The number of ketones is 2. The molecule has 103 valence electrons. The molecule has 2 rings (SSSR count). The highest BCUT2D eigenvalue weighted by atomic mass is 16.1. The van der Waals surface area contributed by atoms with Gasteiger partial charge < -0.3 is 0 Å². The van der Waals surface area contributed by atoms with Crippen LogP contribution in [0.25, 0.3) is 10.8 Å². The van der Waals surface area contributed by atoms with Crippen molar-refractivity contribution in [3.05, 3.63) is 47.5 Å². The van der Waals surface area contributed by atoms with Crippen LogP contribution in [0.4, 0.5) is 0 Å². The van der Waals surface area contributed by atoms with Crippen molar-refractivity contribution in [2.75, 3.05) is 0 Å². The number of benzene rings is 2. The Kier molecular flexibility index (Phi) is 4.67. The second-order valence-electron chi connectivity index (χ2n) is 4.97. The Morgan fingerprint density at radius 2 is 1.70 bits per heavy atom. The lowest BCUT2D eigenvalue weighted by atomic mass is 9.91. The van der Waals surface area contributed by atoms with Crippen molar-refractivity contribution in [1.29, 1.82) is 0 Å². The van der Waals surface area contributed by atoms with Crippen LogP contribution in [0, 0.1) is 6.07 Å². The molecular weight excluding hydrogens is 248 g/mol. The molecule has 0 aliphatic rings. The Labute approximate surface area is 119 Å². The number of hydrogen-bond acceptors (Lipinski definition) is 2. The topological polar surface area (TPSA) is 34.1 Å². The average molecular weight is 267 g/mol. The summed E-state index contributed by atoms with van der Waals surface area (Å²) in [4.78, 5) is 24.7. The lowest BCUT2D eigenvalue weighted by Gasteiger charge is -2.11. The second kappa shape index (κ2) is 6.47. The van der Waals surface area contributed by atoms with Gasteiger partial charge in [0.25, 0.3) is 0 Å². The molecular formula is C18H19O2. The fraction of sp³-hybridized carbons (Fsp3) is 0.333. The standard InChI is InChI=1S/C18H19O2/c1-3-7-16(19)15-12-11-13-9-5-6-10-14(13)18(15)17(20)8-4-2/h5-6,10-12H,3-4,7-8H2,1-2H3. The van der Waals surface area contributed by atoms with Gasteiger partial charge in [-0.05, 0) is 29.7 Å². The molecule has 1 radical (unpaired) electrons. The first-order chi connectivity index (χ1) is 9.69. The zero-order valence-electron chi connectivity index (χ0n) is 12.0. The van der Waals surface area contributed by atoms with Gasteiger partial charge in [-0.1, -0.05) is 44.2 Å². The maximum atomic E-state index is 12.4. The van der Waals surface area contributed by atoms with Crippen LogP contribution in [0.2, 0.25) is 0 Å². The third-order valence-corrected chi connectivity index (χ3v) is 3.38. The summed E-state index contributed by atoms with van der Waals surface area (Å²) < 4.78 is 0. The number of rotatable bonds is 6. The van der Waals surface area contributed by atoms with E-state index in [1.165, 1.54) is 0 Å². The minimum Gasteiger partial charge on any atom is -0.294 e. The van der Waals surface area contributed by atoms with Crippen molar-refractivity contribution < 1.29 is 9.59 Å². The summed E-state index contributed by atoms with van der Waals surface area (Å²) in [6.45, 7) is 3.95. The molecule has 0 aliphatic heterocycles. The average Bonchev–Trinajstić information content (AvgIpc) is 2.46. The Balaban J connectivity index is 2.64. The monoisotopic (exact) mass is 267 g/mol. The van der Waals surface area contributed by atoms with Gasteiger partial charge in [0.2, 0.25) is 0 Å². The van der Waals surface area contributed by atoms with Gasteiger partial charge >= 0.3 is 0 Å². The Bertz CT molecular complexity index is 641. The van der Waals surface area contributed by atoms with Crippen LogP contribution >= 0.6 is 0 Å². The van der Waals surface area contributed by atoms with Gasteiger partial charge in [0.1, 0.15) is 0 Å². The molecule has 2 nitrogen and oxygen atoms in total. The summed E-state index contributed by atoms with van der Waals surface area (Å²) in [5.74, 6) is 0.106. The molecule has 0 atom stereocenters. The Hall–Kier alpha value is -1.96. The molecule has 0 unspecified atom stereocenters. The summed E-state index contributed by atoms with van der Waals surface area (Å²) in [5.41, 5.74) is 1.15. The molecule has 0 bridgehead atoms. The van der Waals surface area contributed by atoms with Gasteiger partial charge in [-0.25, -0.2) is 0 Å². The van der Waals surface area contributed by atoms with Crippen molar-refractivity contribution in [2.45, 2.75) is 39.5 Å². The number of carbonyl (C=O) groups is 2. The lowest BCUT2D eigenvalue weighted by molar-refractivity contribution is 0.0950. The molecule has 2 heteroatoms. The third kappa shape index (κ3) is 2.79. The number of hydrogen-bond donors (Lipinski definition) is 0.